The molecule has 0 saturated carbocycles. The fourth-order valence-electron chi connectivity index (χ4n) is 1.39. The Labute approximate surface area is 111 Å². The molecule has 0 radical (unpaired) electrons. The maximum Gasteiger partial charge on any atom is 0.243 e. The summed E-state index contributed by atoms with van der Waals surface area (Å²) >= 11 is 3.37. The number of rotatable bonds is 6. The van der Waals surface area contributed by atoms with E-state index in [1.165, 1.54) is 6.42 Å². The molecule has 0 saturated heterocycles. The summed E-state index contributed by atoms with van der Waals surface area (Å²) in [6.07, 6.45) is 6.78. The van der Waals surface area contributed by atoms with Crippen molar-refractivity contribution < 1.29 is 4.79 Å². The van der Waals surface area contributed by atoms with E-state index in [0.717, 1.165) is 29.4 Å². The molecule has 1 rings (SSSR count). The zero-order valence-electron chi connectivity index (χ0n) is 10.1. The number of nitrogens with one attached hydrogen (secondary N) is 1. The molecule has 0 aromatic heterocycles. The predicted molar refractivity (Wildman–Crippen MR) is 75.7 cm³/mol. The molecule has 1 N–H and O–H groups in total. The van der Waals surface area contributed by atoms with Crippen LogP contribution in [0.4, 0.5) is 0 Å². The standard InChI is InChI=1S/C14H18BrNO/c1-2-3-4-11-16-14(17)10-7-12-5-8-13(15)9-6-12/h5-10H,2-4,11H2,1H3,(H,16,17). The fourth-order valence-corrected chi connectivity index (χ4v) is 1.66. The van der Waals surface area contributed by atoms with Crippen molar-refractivity contribution in [2.75, 3.05) is 6.54 Å². The van der Waals surface area contributed by atoms with Gasteiger partial charge in [-0.1, -0.05) is 47.8 Å². The van der Waals surface area contributed by atoms with E-state index in [4.69, 9.17) is 0 Å². The summed E-state index contributed by atoms with van der Waals surface area (Å²) in [4.78, 5) is 11.4. The first-order valence-corrected chi connectivity index (χ1v) is 6.73. The lowest BCUT2D eigenvalue weighted by Gasteiger charge is -2.00. The minimum absolute atomic E-state index is 0.0241. The minimum atomic E-state index is -0.0241. The lowest BCUT2D eigenvalue weighted by atomic mass is 10.2. The van der Waals surface area contributed by atoms with Crippen molar-refractivity contribution in [3.05, 3.63) is 40.4 Å². The Kier molecular flexibility index (Phi) is 6.63. The first-order valence-electron chi connectivity index (χ1n) is 5.94. The van der Waals surface area contributed by atoms with Crippen LogP contribution in [0.5, 0.6) is 0 Å². The van der Waals surface area contributed by atoms with Gasteiger partial charge in [0.15, 0.2) is 0 Å². The Morgan fingerprint density at radius 1 is 1.29 bits per heavy atom. The van der Waals surface area contributed by atoms with Gasteiger partial charge in [-0.3, -0.25) is 4.79 Å². The van der Waals surface area contributed by atoms with E-state index >= 15 is 0 Å². The second-order valence-electron chi connectivity index (χ2n) is 3.88. The molecular weight excluding hydrogens is 278 g/mol. The zero-order chi connectivity index (χ0) is 12.5. The minimum Gasteiger partial charge on any atom is -0.353 e. The highest BCUT2D eigenvalue weighted by Crippen LogP contribution is 2.11. The molecule has 1 aromatic carbocycles. The third kappa shape index (κ3) is 6.27. The number of carbonyl (C=O) groups excluding carboxylic acids is 1. The summed E-state index contributed by atoms with van der Waals surface area (Å²) in [5, 5.41) is 2.86. The molecule has 0 fully saturated rings. The Hall–Kier alpha value is -1.09. The molecule has 0 aliphatic rings. The van der Waals surface area contributed by atoms with Crippen molar-refractivity contribution >= 4 is 27.9 Å². The van der Waals surface area contributed by atoms with Gasteiger partial charge in [-0.05, 0) is 30.2 Å². The van der Waals surface area contributed by atoms with Crippen LogP contribution in [0.25, 0.3) is 6.08 Å². The number of carbonyl (C=O) groups is 1. The van der Waals surface area contributed by atoms with Crippen LogP contribution in [0.3, 0.4) is 0 Å². The van der Waals surface area contributed by atoms with E-state index in [-0.39, 0.29) is 5.91 Å². The van der Waals surface area contributed by atoms with Crippen molar-refractivity contribution in [2.45, 2.75) is 26.2 Å². The number of unbranched alkanes of at least 4 members (excludes halogenated alkanes) is 2. The van der Waals surface area contributed by atoms with Gasteiger partial charge >= 0.3 is 0 Å². The highest BCUT2D eigenvalue weighted by Gasteiger charge is 1.94. The summed E-state index contributed by atoms with van der Waals surface area (Å²) in [5.74, 6) is -0.0241. The van der Waals surface area contributed by atoms with Gasteiger partial charge in [0, 0.05) is 17.1 Å². The van der Waals surface area contributed by atoms with Gasteiger partial charge in [0.1, 0.15) is 0 Å². The second kappa shape index (κ2) is 8.07. The molecule has 0 aliphatic heterocycles. The Morgan fingerprint density at radius 3 is 2.65 bits per heavy atom. The molecule has 0 aliphatic carbocycles. The third-order valence-electron chi connectivity index (χ3n) is 2.38. The number of benzene rings is 1. The predicted octanol–water partition coefficient (Wildman–Crippen LogP) is 3.77. The van der Waals surface area contributed by atoms with Gasteiger partial charge in [0.25, 0.3) is 0 Å². The van der Waals surface area contributed by atoms with Gasteiger partial charge in [0.05, 0.1) is 0 Å². The highest BCUT2D eigenvalue weighted by atomic mass is 79.9. The van der Waals surface area contributed by atoms with Crippen LogP contribution in [0.15, 0.2) is 34.8 Å². The molecule has 3 heteroatoms. The molecular formula is C14H18BrNO. The van der Waals surface area contributed by atoms with Gasteiger partial charge in [-0.25, -0.2) is 0 Å². The summed E-state index contributed by atoms with van der Waals surface area (Å²) in [6, 6.07) is 7.84. The van der Waals surface area contributed by atoms with Crippen molar-refractivity contribution in [1.82, 2.24) is 5.32 Å². The number of amides is 1. The number of halogens is 1. The van der Waals surface area contributed by atoms with Crippen LogP contribution in [-0.2, 0) is 4.79 Å². The quantitative estimate of drug-likeness (QED) is 0.628. The Balaban J connectivity index is 2.32. The highest BCUT2D eigenvalue weighted by molar-refractivity contribution is 9.10. The molecule has 17 heavy (non-hydrogen) atoms. The molecule has 92 valence electrons. The molecule has 0 atom stereocenters. The van der Waals surface area contributed by atoms with Gasteiger partial charge in [-0.15, -0.1) is 0 Å². The molecule has 0 heterocycles. The summed E-state index contributed by atoms with van der Waals surface area (Å²) in [6.45, 7) is 2.91. The summed E-state index contributed by atoms with van der Waals surface area (Å²) in [7, 11) is 0. The lowest BCUT2D eigenvalue weighted by molar-refractivity contribution is -0.116. The monoisotopic (exact) mass is 295 g/mol. The van der Waals surface area contributed by atoms with Crippen LogP contribution in [-0.4, -0.2) is 12.5 Å². The van der Waals surface area contributed by atoms with E-state index < -0.39 is 0 Å². The van der Waals surface area contributed by atoms with Gasteiger partial charge < -0.3 is 5.32 Å². The van der Waals surface area contributed by atoms with Gasteiger partial charge in [-0.2, -0.15) is 0 Å². The van der Waals surface area contributed by atoms with E-state index in [9.17, 15) is 4.79 Å². The molecule has 1 aromatic rings. The summed E-state index contributed by atoms with van der Waals surface area (Å²) in [5.41, 5.74) is 1.02. The van der Waals surface area contributed by atoms with Crippen molar-refractivity contribution in [3.8, 4) is 0 Å². The smallest absolute Gasteiger partial charge is 0.243 e. The lowest BCUT2D eigenvalue weighted by Crippen LogP contribution is -2.21. The third-order valence-corrected chi connectivity index (χ3v) is 2.91. The molecule has 1 amide bonds. The van der Waals surface area contributed by atoms with Crippen LogP contribution < -0.4 is 5.32 Å². The largest absolute Gasteiger partial charge is 0.353 e. The second-order valence-corrected chi connectivity index (χ2v) is 4.80. The molecule has 0 unspecified atom stereocenters. The maximum absolute atomic E-state index is 11.4. The number of hydrogen-bond acceptors (Lipinski definition) is 1. The van der Waals surface area contributed by atoms with Gasteiger partial charge in [0.2, 0.25) is 5.91 Å². The Bertz CT molecular complexity index is 370. The zero-order valence-corrected chi connectivity index (χ0v) is 11.7. The van der Waals surface area contributed by atoms with Crippen LogP contribution in [0, 0.1) is 0 Å². The van der Waals surface area contributed by atoms with Crippen molar-refractivity contribution in [2.24, 2.45) is 0 Å². The van der Waals surface area contributed by atoms with E-state index in [1.54, 1.807) is 6.08 Å². The van der Waals surface area contributed by atoms with E-state index in [1.807, 2.05) is 30.3 Å². The normalized spacial score (nSPS) is 10.7. The van der Waals surface area contributed by atoms with Crippen LogP contribution in [0.1, 0.15) is 31.7 Å². The first-order chi connectivity index (χ1) is 8.22. The van der Waals surface area contributed by atoms with E-state index in [0.29, 0.717) is 0 Å². The Morgan fingerprint density at radius 2 is 2.00 bits per heavy atom. The maximum atomic E-state index is 11.4. The summed E-state index contributed by atoms with van der Waals surface area (Å²) < 4.78 is 1.04. The average Bonchev–Trinajstić information content (AvgIpc) is 2.34. The van der Waals surface area contributed by atoms with E-state index in [2.05, 4.69) is 28.2 Å². The molecule has 0 spiro atoms. The van der Waals surface area contributed by atoms with Crippen LogP contribution in [0.2, 0.25) is 0 Å². The SMILES string of the molecule is CCCCCNC(=O)C=Cc1ccc(Br)cc1. The molecule has 0 bridgehead atoms. The first kappa shape index (κ1) is 14.0. The van der Waals surface area contributed by atoms with Crippen molar-refractivity contribution in [1.29, 1.82) is 0 Å². The average molecular weight is 296 g/mol. The fraction of sp³-hybridized carbons (Fsp3) is 0.357. The number of hydrogen-bond donors (Lipinski definition) is 1. The van der Waals surface area contributed by atoms with Crippen LogP contribution >= 0.6 is 15.9 Å². The topological polar surface area (TPSA) is 29.1 Å². The molecule has 2 nitrogen and oxygen atoms in total. The van der Waals surface area contributed by atoms with Crippen molar-refractivity contribution in [3.63, 3.8) is 0 Å².